The Hall–Kier alpha value is -1.03. The summed E-state index contributed by atoms with van der Waals surface area (Å²) in [5, 5.41) is 10.7. The lowest BCUT2D eigenvalue weighted by Gasteiger charge is -2.06. The Balaban J connectivity index is 2.57. The molecule has 0 aliphatic carbocycles. The van der Waals surface area contributed by atoms with Crippen molar-refractivity contribution in [2.75, 3.05) is 6.54 Å². The minimum atomic E-state index is -0.974. The SMILES string of the molecule is Cc1ccc(Br)cc1CCNC(=O)O. The van der Waals surface area contributed by atoms with Gasteiger partial charge in [-0.1, -0.05) is 22.0 Å². The van der Waals surface area contributed by atoms with Crippen molar-refractivity contribution in [2.45, 2.75) is 13.3 Å². The van der Waals surface area contributed by atoms with E-state index in [2.05, 4.69) is 21.2 Å². The standard InChI is InChI=1S/C10H12BrNO2/c1-7-2-3-9(11)6-8(7)4-5-12-10(13)14/h2-3,6,12H,4-5H2,1H3,(H,13,14). The molecule has 0 spiro atoms. The van der Waals surface area contributed by atoms with Crippen LogP contribution in [0.5, 0.6) is 0 Å². The zero-order valence-corrected chi connectivity index (χ0v) is 9.47. The van der Waals surface area contributed by atoms with Crippen LogP contribution in [0.25, 0.3) is 0 Å². The fraction of sp³-hybridized carbons (Fsp3) is 0.300. The highest BCUT2D eigenvalue weighted by Crippen LogP contribution is 2.16. The molecule has 14 heavy (non-hydrogen) atoms. The number of nitrogens with one attached hydrogen (secondary N) is 1. The number of hydrogen-bond acceptors (Lipinski definition) is 1. The predicted octanol–water partition coefficient (Wildman–Crippen LogP) is 2.57. The summed E-state index contributed by atoms with van der Waals surface area (Å²) in [6.07, 6.45) is -0.255. The van der Waals surface area contributed by atoms with Gasteiger partial charge in [0.05, 0.1) is 0 Å². The zero-order valence-electron chi connectivity index (χ0n) is 7.88. The topological polar surface area (TPSA) is 49.3 Å². The van der Waals surface area contributed by atoms with E-state index in [0.29, 0.717) is 6.54 Å². The fourth-order valence-electron chi connectivity index (χ4n) is 1.21. The van der Waals surface area contributed by atoms with Gasteiger partial charge in [0.1, 0.15) is 0 Å². The molecule has 0 heterocycles. The molecule has 0 bridgehead atoms. The molecule has 4 heteroatoms. The fourth-order valence-corrected chi connectivity index (χ4v) is 1.62. The zero-order chi connectivity index (χ0) is 10.6. The molecule has 0 radical (unpaired) electrons. The average Bonchev–Trinajstić information content (AvgIpc) is 2.10. The number of halogens is 1. The summed E-state index contributed by atoms with van der Waals surface area (Å²) in [6.45, 7) is 2.47. The lowest BCUT2D eigenvalue weighted by atomic mass is 10.1. The van der Waals surface area contributed by atoms with Gasteiger partial charge < -0.3 is 10.4 Å². The van der Waals surface area contributed by atoms with Gasteiger partial charge >= 0.3 is 6.09 Å². The number of carboxylic acid groups (broad SMARTS) is 1. The molecule has 0 fully saturated rings. The normalized spacial score (nSPS) is 9.86. The van der Waals surface area contributed by atoms with Crippen LogP contribution in [0.1, 0.15) is 11.1 Å². The molecular formula is C10H12BrNO2. The van der Waals surface area contributed by atoms with E-state index in [4.69, 9.17) is 5.11 Å². The quantitative estimate of drug-likeness (QED) is 0.875. The molecule has 3 nitrogen and oxygen atoms in total. The Labute approximate surface area is 91.3 Å². The number of hydrogen-bond donors (Lipinski definition) is 2. The van der Waals surface area contributed by atoms with Crippen LogP contribution < -0.4 is 5.32 Å². The van der Waals surface area contributed by atoms with Gasteiger partial charge in [-0.15, -0.1) is 0 Å². The maximum Gasteiger partial charge on any atom is 0.404 e. The number of rotatable bonds is 3. The summed E-state index contributed by atoms with van der Waals surface area (Å²) >= 11 is 3.38. The summed E-state index contributed by atoms with van der Waals surface area (Å²) in [5.41, 5.74) is 2.34. The Kier molecular flexibility index (Phi) is 3.95. The lowest BCUT2D eigenvalue weighted by Crippen LogP contribution is -2.23. The molecule has 0 aliphatic rings. The van der Waals surface area contributed by atoms with E-state index in [1.807, 2.05) is 25.1 Å². The monoisotopic (exact) mass is 257 g/mol. The van der Waals surface area contributed by atoms with E-state index in [0.717, 1.165) is 16.5 Å². The predicted molar refractivity (Wildman–Crippen MR) is 58.6 cm³/mol. The lowest BCUT2D eigenvalue weighted by molar-refractivity contribution is 0.194. The van der Waals surface area contributed by atoms with Crippen LogP contribution in [-0.2, 0) is 6.42 Å². The minimum Gasteiger partial charge on any atom is -0.465 e. The van der Waals surface area contributed by atoms with Gasteiger partial charge in [-0.2, -0.15) is 0 Å². The first-order valence-corrected chi connectivity index (χ1v) is 5.10. The highest BCUT2D eigenvalue weighted by Gasteiger charge is 2.00. The van der Waals surface area contributed by atoms with Crippen molar-refractivity contribution in [2.24, 2.45) is 0 Å². The molecule has 76 valence electrons. The highest BCUT2D eigenvalue weighted by molar-refractivity contribution is 9.10. The second-order valence-electron chi connectivity index (χ2n) is 3.05. The van der Waals surface area contributed by atoms with Gasteiger partial charge in [-0.25, -0.2) is 4.79 Å². The summed E-state index contributed by atoms with van der Waals surface area (Å²) in [6, 6.07) is 6.00. The summed E-state index contributed by atoms with van der Waals surface area (Å²) in [7, 11) is 0. The first kappa shape index (κ1) is 11.0. The third-order valence-corrected chi connectivity index (χ3v) is 2.47. The maximum absolute atomic E-state index is 10.2. The van der Waals surface area contributed by atoms with E-state index in [1.54, 1.807) is 0 Å². The first-order valence-electron chi connectivity index (χ1n) is 4.31. The molecule has 0 saturated heterocycles. The van der Waals surface area contributed by atoms with Crippen LogP contribution in [0.15, 0.2) is 22.7 Å². The summed E-state index contributed by atoms with van der Waals surface area (Å²) in [4.78, 5) is 10.2. The van der Waals surface area contributed by atoms with E-state index in [1.165, 1.54) is 5.56 Å². The number of aryl methyl sites for hydroxylation is 1. The Morgan fingerprint density at radius 3 is 2.93 bits per heavy atom. The molecule has 0 unspecified atom stereocenters. The Morgan fingerprint density at radius 1 is 1.57 bits per heavy atom. The van der Waals surface area contributed by atoms with Gasteiger partial charge in [0, 0.05) is 11.0 Å². The molecule has 1 amide bonds. The van der Waals surface area contributed by atoms with Gasteiger partial charge in [0.2, 0.25) is 0 Å². The van der Waals surface area contributed by atoms with Crippen LogP contribution in [0.2, 0.25) is 0 Å². The maximum atomic E-state index is 10.2. The van der Waals surface area contributed by atoms with Crippen molar-refractivity contribution in [3.05, 3.63) is 33.8 Å². The Bertz CT molecular complexity index is 339. The van der Waals surface area contributed by atoms with Crippen LogP contribution in [-0.4, -0.2) is 17.7 Å². The van der Waals surface area contributed by atoms with Gasteiger partial charge in [0.25, 0.3) is 0 Å². The van der Waals surface area contributed by atoms with Crippen molar-refractivity contribution in [1.82, 2.24) is 5.32 Å². The molecule has 1 rings (SSSR count). The van der Waals surface area contributed by atoms with Gasteiger partial charge in [-0.05, 0) is 36.6 Å². The second-order valence-corrected chi connectivity index (χ2v) is 3.97. The average molecular weight is 258 g/mol. The smallest absolute Gasteiger partial charge is 0.404 e. The van der Waals surface area contributed by atoms with Crippen molar-refractivity contribution >= 4 is 22.0 Å². The van der Waals surface area contributed by atoms with Crippen LogP contribution in [0.4, 0.5) is 4.79 Å². The van der Waals surface area contributed by atoms with E-state index >= 15 is 0 Å². The van der Waals surface area contributed by atoms with Crippen molar-refractivity contribution in [3.8, 4) is 0 Å². The molecule has 0 aromatic heterocycles. The highest BCUT2D eigenvalue weighted by atomic mass is 79.9. The largest absolute Gasteiger partial charge is 0.465 e. The molecular weight excluding hydrogens is 246 g/mol. The summed E-state index contributed by atoms with van der Waals surface area (Å²) in [5.74, 6) is 0. The molecule has 0 aliphatic heterocycles. The van der Waals surface area contributed by atoms with Crippen LogP contribution in [0, 0.1) is 6.92 Å². The van der Waals surface area contributed by atoms with Crippen molar-refractivity contribution < 1.29 is 9.90 Å². The van der Waals surface area contributed by atoms with Crippen LogP contribution >= 0.6 is 15.9 Å². The first-order chi connectivity index (χ1) is 6.59. The number of carbonyl (C=O) groups is 1. The van der Waals surface area contributed by atoms with Crippen molar-refractivity contribution in [1.29, 1.82) is 0 Å². The van der Waals surface area contributed by atoms with E-state index < -0.39 is 6.09 Å². The molecule has 1 aromatic carbocycles. The van der Waals surface area contributed by atoms with Gasteiger partial charge in [-0.3, -0.25) is 0 Å². The van der Waals surface area contributed by atoms with E-state index in [-0.39, 0.29) is 0 Å². The molecule has 1 aromatic rings. The molecule has 2 N–H and O–H groups in total. The Morgan fingerprint density at radius 2 is 2.29 bits per heavy atom. The van der Waals surface area contributed by atoms with Gasteiger partial charge in [0.15, 0.2) is 0 Å². The minimum absolute atomic E-state index is 0.451. The summed E-state index contributed by atoms with van der Waals surface area (Å²) < 4.78 is 1.02. The molecule has 0 atom stereocenters. The van der Waals surface area contributed by atoms with Crippen LogP contribution in [0.3, 0.4) is 0 Å². The third kappa shape index (κ3) is 3.38. The van der Waals surface area contributed by atoms with Crippen molar-refractivity contribution in [3.63, 3.8) is 0 Å². The van der Waals surface area contributed by atoms with E-state index in [9.17, 15) is 4.79 Å². The number of benzene rings is 1. The number of amides is 1. The second kappa shape index (κ2) is 5.00. The third-order valence-electron chi connectivity index (χ3n) is 1.98. The molecule has 0 saturated carbocycles.